The summed E-state index contributed by atoms with van der Waals surface area (Å²) in [5.41, 5.74) is 1.14. The maximum Gasteiger partial charge on any atom is 0.246 e. The van der Waals surface area contributed by atoms with Crippen molar-refractivity contribution >= 4 is 5.91 Å². The van der Waals surface area contributed by atoms with Crippen LogP contribution in [0.5, 0.6) is 5.75 Å². The zero-order valence-electron chi connectivity index (χ0n) is 13.1. The van der Waals surface area contributed by atoms with Crippen molar-refractivity contribution < 1.29 is 9.90 Å². The third kappa shape index (κ3) is 2.29. The van der Waals surface area contributed by atoms with Crippen molar-refractivity contribution in [3.05, 3.63) is 41.5 Å². The van der Waals surface area contributed by atoms with Crippen molar-refractivity contribution in [3.63, 3.8) is 0 Å². The summed E-state index contributed by atoms with van der Waals surface area (Å²) in [6, 6.07) is 7.10. The highest BCUT2D eigenvalue weighted by atomic mass is 16.3. The molecular formula is C17H20N4O2. The summed E-state index contributed by atoms with van der Waals surface area (Å²) in [5.74, 6) is 2.27. The second kappa shape index (κ2) is 5.37. The van der Waals surface area contributed by atoms with Gasteiger partial charge in [0.05, 0.1) is 6.04 Å². The Balaban J connectivity index is 1.59. The van der Waals surface area contributed by atoms with E-state index >= 15 is 0 Å². The maximum absolute atomic E-state index is 12.6. The molecular weight excluding hydrogens is 292 g/mol. The molecule has 0 radical (unpaired) electrons. The first kappa shape index (κ1) is 14.2. The normalized spacial score (nSPS) is 23.0. The lowest BCUT2D eigenvalue weighted by Crippen LogP contribution is -2.42. The summed E-state index contributed by atoms with van der Waals surface area (Å²) >= 11 is 0. The van der Waals surface area contributed by atoms with Gasteiger partial charge in [-0.05, 0) is 43.9 Å². The van der Waals surface area contributed by atoms with Gasteiger partial charge in [0.15, 0.2) is 5.82 Å². The lowest BCUT2D eigenvalue weighted by Gasteiger charge is -2.34. The average Bonchev–Trinajstić information content (AvgIpc) is 3.18. The molecule has 0 bridgehead atoms. The molecule has 1 fully saturated rings. The highest BCUT2D eigenvalue weighted by Gasteiger charge is 2.42. The van der Waals surface area contributed by atoms with Crippen LogP contribution in [0.15, 0.2) is 24.3 Å². The Morgan fingerprint density at radius 2 is 2.00 bits per heavy atom. The Hall–Kier alpha value is -2.37. The fraction of sp³-hybridized carbons (Fsp3) is 0.471. The molecule has 23 heavy (non-hydrogen) atoms. The monoisotopic (exact) mass is 312 g/mol. The number of rotatable bonds is 3. The minimum Gasteiger partial charge on any atom is -0.508 e. The number of hydrogen-bond acceptors (Lipinski definition) is 4. The van der Waals surface area contributed by atoms with Crippen LogP contribution >= 0.6 is 0 Å². The standard InChI is InChI=1S/C17H20N4O2/c1-11-17(23)20-10-2-3-14(20)16-19-18-15(21(11)16)9-6-12-4-7-13(22)8-5-12/h4-5,7-8,11,14,22H,2-3,6,9-10H2,1H3/t11-,14-/m0/s1. The van der Waals surface area contributed by atoms with Crippen LogP contribution < -0.4 is 0 Å². The van der Waals surface area contributed by atoms with Crippen molar-refractivity contribution in [2.45, 2.75) is 44.7 Å². The molecule has 0 aliphatic carbocycles. The molecule has 1 amide bonds. The van der Waals surface area contributed by atoms with Crippen LogP contribution in [0.4, 0.5) is 0 Å². The molecule has 2 aliphatic heterocycles. The van der Waals surface area contributed by atoms with Crippen molar-refractivity contribution in [1.29, 1.82) is 0 Å². The third-order valence-corrected chi connectivity index (χ3v) is 4.95. The van der Waals surface area contributed by atoms with E-state index in [0.717, 1.165) is 49.4 Å². The van der Waals surface area contributed by atoms with Crippen molar-refractivity contribution in [2.75, 3.05) is 6.54 Å². The molecule has 3 heterocycles. The van der Waals surface area contributed by atoms with Crippen LogP contribution in [0.3, 0.4) is 0 Å². The predicted molar refractivity (Wildman–Crippen MR) is 83.9 cm³/mol. The average molecular weight is 312 g/mol. The van der Waals surface area contributed by atoms with Gasteiger partial charge in [0.25, 0.3) is 0 Å². The van der Waals surface area contributed by atoms with Gasteiger partial charge in [-0.2, -0.15) is 0 Å². The first-order chi connectivity index (χ1) is 11.1. The van der Waals surface area contributed by atoms with Gasteiger partial charge >= 0.3 is 0 Å². The number of nitrogens with zero attached hydrogens (tertiary/aromatic N) is 4. The Morgan fingerprint density at radius 3 is 2.78 bits per heavy atom. The molecule has 1 aromatic heterocycles. The largest absolute Gasteiger partial charge is 0.508 e. The van der Waals surface area contributed by atoms with Gasteiger partial charge in [-0.25, -0.2) is 0 Å². The molecule has 6 nitrogen and oxygen atoms in total. The first-order valence-corrected chi connectivity index (χ1v) is 8.17. The fourth-order valence-corrected chi connectivity index (χ4v) is 3.73. The number of benzene rings is 1. The number of carbonyl (C=O) groups excluding carboxylic acids is 1. The van der Waals surface area contributed by atoms with Gasteiger partial charge in [-0.1, -0.05) is 12.1 Å². The van der Waals surface area contributed by atoms with E-state index in [4.69, 9.17) is 0 Å². The molecule has 120 valence electrons. The Kier molecular flexibility index (Phi) is 3.32. The maximum atomic E-state index is 12.6. The van der Waals surface area contributed by atoms with E-state index in [9.17, 15) is 9.90 Å². The van der Waals surface area contributed by atoms with E-state index in [1.54, 1.807) is 12.1 Å². The van der Waals surface area contributed by atoms with Crippen molar-refractivity contribution in [2.24, 2.45) is 0 Å². The zero-order chi connectivity index (χ0) is 16.0. The number of hydrogen-bond donors (Lipinski definition) is 1. The SMILES string of the molecule is C[C@H]1C(=O)N2CCC[C@H]2c2nnc(CCc3ccc(O)cc3)n21. The number of aryl methyl sites for hydroxylation is 2. The predicted octanol–water partition coefficient (Wildman–Crippen LogP) is 2.01. The van der Waals surface area contributed by atoms with Crippen molar-refractivity contribution in [3.8, 4) is 5.75 Å². The molecule has 0 spiro atoms. The second-order valence-corrected chi connectivity index (χ2v) is 6.38. The molecule has 1 aromatic carbocycles. The lowest BCUT2D eigenvalue weighted by molar-refractivity contribution is -0.137. The highest BCUT2D eigenvalue weighted by molar-refractivity contribution is 5.82. The van der Waals surface area contributed by atoms with Crippen LogP contribution in [0, 0.1) is 0 Å². The topological polar surface area (TPSA) is 71.2 Å². The summed E-state index contributed by atoms with van der Waals surface area (Å²) in [5, 5.41) is 18.1. The van der Waals surface area contributed by atoms with E-state index in [-0.39, 0.29) is 23.7 Å². The number of amides is 1. The van der Waals surface area contributed by atoms with Gasteiger partial charge in [0.1, 0.15) is 17.6 Å². The summed E-state index contributed by atoms with van der Waals surface area (Å²) in [4.78, 5) is 14.5. The first-order valence-electron chi connectivity index (χ1n) is 8.17. The molecule has 0 saturated carbocycles. The smallest absolute Gasteiger partial charge is 0.246 e. The van der Waals surface area contributed by atoms with Gasteiger partial charge in [-0.3, -0.25) is 4.79 Å². The van der Waals surface area contributed by atoms with Crippen molar-refractivity contribution in [1.82, 2.24) is 19.7 Å². The third-order valence-electron chi connectivity index (χ3n) is 4.95. The Morgan fingerprint density at radius 1 is 1.22 bits per heavy atom. The number of phenols is 1. The van der Waals surface area contributed by atoms with Gasteiger partial charge in [0, 0.05) is 13.0 Å². The van der Waals surface area contributed by atoms with Gasteiger partial charge in [-0.15, -0.1) is 10.2 Å². The molecule has 6 heteroatoms. The number of carbonyl (C=O) groups is 1. The van der Waals surface area contributed by atoms with Crippen LogP contribution in [0.2, 0.25) is 0 Å². The molecule has 1 saturated heterocycles. The van der Waals surface area contributed by atoms with Crippen LogP contribution in [-0.4, -0.2) is 37.2 Å². The van der Waals surface area contributed by atoms with E-state index in [2.05, 4.69) is 10.2 Å². The number of aromatic hydroxyl groups is 1. The quantitative estimate of drug-likeness (QED) is 0.941. The van der Waals surface area contributed by atoms with E-state index in [1.807, 2.05) is 28.5 Å². The van der Waals surface area contributed by atoms with Crippen LogP contribution in [0.1, 0.15) is 49.1 Å². The molecule has 2 aromatic rings. The highest BCUT2D eigenvalue weighted by Crippen LogP contribution is 2.38. The Bertz CT molecular complexity index is 738. The van der Waals surface area contributed by atoms with E-state index in [1.165, 1.54) is 0 Å². The van der Waals surface area contributed by atoms with Crippen LogP contribution in [-0.2, 0) is 17.6 Å². The minimum atomic E-state index is -0.218. The van der Waals surface area contributed by atoms with Gasteiger partial charge in [0.2, 0.25) is 5.91 Å². The molecule has 0 unspecified atom stereocenters. The number of phenolic OH excluding ortho intramolecular Hbond substituents is 1. The van der Waals surface area contributed by atoms with E-state index < -0.39 is 0 Å². The Labute approximate surface area is 134 Å². The molecule has 2 aliphatic rings. The number of aromatic nitrogens is 3. The van der Waals surface area contributed by atoms with E-state index in [0.29, 0.717) is 0 Å². The molecule has 4 rings (SSSR count). The minimum absolute atomic E-state index is 0.105. The van der Waals surface area contributed by atoms with Crippen LogP contribution in [0.25, 0.3) is 0 Å². The summed E-state index contributed by atoms with van der Waals surface area (Å²) in [7, 11) is 0. The number of fused-ring (bicyclic) bond motifs is 3. The summed E-state index contributed by atoms with van der Waals surface area (Å²) in [6.07, 6.45) is 3.57. The summed E-state index contributed by atoms with van der Waals surface area (Å²) in [6.45, 7) is 2.78. The molecule has 2 atom stereocenters. The lowest BCUT2D eigenvalue weighted by atomic mass is 10.1. The summed E-state index contributed by atoms with van der Waals surface area (Å²) < 4.78 is 2.04. The zero-order valence-corrected chi connectivity index (χ0v) is 13.1. The molecule has 1 N–H and O–H groups in total. The second-order valence-electron chi connectivity index (χ2n) is 6.38. The fourth-order valence-electron chi connectivity index (χ4n) is 3.73. The van der Waals surface area contributed by atoms with Gasteiger partial charge < -0.3 is 14.6 Å².